The first-order valence-electron chi connectivity index (χ1n) is 6.23. The van der Waals surface area contributed by atoms with Crippen molar-refractivity contribution in [3.63, 3.8) is 0 Å². The van der Waals surface area contributed by atoms with Gasteiger partial charge in [-0.15, -0.1) is 0 Å². The Labute approximate surface area is 122 Å². The van der Waals surface area contributed by atoms with E-state index in [4.69, 9.17) is 21.4 Å². The average Bonchev–Trinajstić information content (AvgIpc) is 2.46. The molecule has 0 saturated carbocycles. The lowest BCUT2D eigenvalue weighted by molar-refractivity contribution is 0.0689. The number of carboxylic acid groups (broad SMARTS) is 1. The molecular weight excluding hydrogens is 278 g/mol. The van der Waals surface area contributed by atoms with Gasteiger partial charge in [0.15, 0.2) is 5.69 Å². The molecule has 0 saturated heterocycles. The molecule has 1 N–H and O–H groups in total. The number of rotatable bonds is 6. The van der Waals surface area contributed by atoms with E-state index in [1.54, 1.807) is 6.07 Å². The fourth-order valence-corrected chi connectivity index (χ4v) is 1.94. The molecule has 2 rings (SSSR count). The zero-order chi connectivity index (χ0) is 14.4. The van der Waals surface area contributed by atoms with Crippen molar-refractivity contribution in [1.82, 2.24) is 4.98 Å². The molecular formula is C15H14ClNO3. The molecule has 1 aromatic carbocycles. The van der Waals surface area contributed by atoms with E-state index in [1.807, 2.05) is 18.2 Å². The summed E-state index contributed by atoms with van der Waals surface area (Å²) in [5.41, 5.74) is 1.05. The van der Waals surface area contributed by atoms with Crippen molar-refractivity contribution < 1.29 is 14.6 Å². The largest absolute Gasteiger partial charge is 0.478 e. The maximum absolute atomic E-state index is 10.9. The van der Waals surface area contributed by atoms with Gasteiger partial charge in [0.25, 0.3) is 0 Å². The predicted octanol–water partition coefficient (Wildman–Crippen LogP) is 3.44. The van der Waals surface area contributed by atoms with Gasteiger partial charge < -0.3 is 9.84 Å². The summed E-state index contributed by atoms with van der Waals surface area (Å²) in [7, 11) is 0. The molecule has 5 heteroatoms. The Hall–Kier alpha value is -2.07. The fraction of sp³-hybridized carbons (Fsp3) is 0.200. The summed E-state index contributed by atoms with van der Waals surface area (Å²) in [5.74, 6) is -0.885. The van der Waals surface area contributed by atoms with Crippen LogP contribution < -0.4 is 4.74 Å². The molecule has 4 nitrogen and oxygen atoms in total. The normalized spacial score (nSPS) is 10.2. The summed E-state index contributed by atoms with van der Waals surface area (Å²) < 4.78 is 5.44. The number of pyridine rings is 1. The molecule has 0 unspecified atom stereocenters. The summed E-state index contributed by atoms with van der Waals surface area (Å²) in [4.78, 5) is 14.7. The number of nitrogens with zero attached hydrogens (tertiary/aromatic N) is 1. The summed E-state index contributed by atoms with van der Waals surface area (Å²) in [5, 5.41) is 9.01. The fourth-order valence-electron chi connectivity index (χ4n) is 1.75. The quantitative estimate of drug-likeness (QED) is 0.828. The van der Waals surface area contributed by atoms with E-state index in [2.05, 4.69) is 17.1 Å². The van der Waals surface area contributed by atoms with Crippen molar-refractivity contribution >= 4 is 17.6 Å². The van der Waals surface area contributed by atoms with Crippen LogP contribution in [0.25, 0.3) is 0 Å². The average molecular weight is 292 g/mol. The molecule has 0 aliphatic heterocycles. The molecule has 1 aromatic heterocycles. The number of hydrogen-bond acceptors (Lipinski definition) is 3. The standard InChI is InChI=1S/C15H14ClNO3/c16-12-8-9-13(17-14(12)15(18)19)20-10-4-7-11-5-2-1-3-6-11/h1-3,5-6,8-9H,4,7,10H2,(H,18,19). The third-order valence-electron chi connectivity index (χ3n) is 2.73. The number of carboxylic acids is 1. The van der Waals surface area contributed by atoms with Crippen LogP contribution in [0, 0.1) is 0 Å². The third kappa shape index (κ3) is 3.96. The van der Waals surface area contributed by atoms with Crippen molar-refractivity contribution in [1.29, 1.82) is 0 Å². The highest BCUT2D eigenvalue weighted by molar-refractivity contribution is 6.33. The van der Waals surface area contributed by atoms with Crippen LogP contribution in [-0.4, -0.2) is 22.7 Å². The van der Waals surface area contributed by atoms with E-state index in [0.29, 0.717) is 6.61 Å². The van der Waals surface area contributed by atoms with Crippen LogP contribution in [0.2, 0.25) is 5.02 Å². The molecule has 2 aromatic rings. The van der Waals surface area contributed by atoms with Crippen LogP contribution in [0.5, 0.6) is 5.88 Å². The molecule has 0 atom stereocenters. The molecule has 0 radical (unpaired) electrons. The maximum atomic E-state index is 10.9. The second-order valence-corrected chi connectivity index (χ2v) is 4.63. The van der Waals surface area contributed by atoms with Gasteiger partial charge in [0.05, 0.1) is 11.6 Å². The van der Waals surface area contributed by atoms with Crippen molar-refractivity contribution in [2.45, 2.75) is 12.8 Å². The Morgan fingerprint density at radius 1 is 1.20 bits per heavy atom. The molecule has 0 amide bonds. The maximum Gasteiger partial charge on any atom is 0.356 e. The first-order chi connectivity index (χ1) is 9.66. The summed E-state index contributed by atoms with van der Waals surface area (Å²) in [6.07, 6.45) is 1.73. The van der Waals surface area contributed by atoms with Crippen molar-refractivity contribution in [2.24, 2.45) is 0 Å². The van der Waals surface area contributed by atoms with Crippen LogP contribution in [-0.2, 0) is 6.42 Å². The number of hydrogen-bond donors (Lipinski definition) is 1. The lowest BCUT2D eigenvalue weighted by Gasteiger charge is -2.06. The van der Waals surface area contributed by atoms with Gasteiger partial charge in [-0.3, -0.25) is 0 Å². The number of halogens is 1. The van der Waals surface area contributed by atoms with Gasteiger partial charge in [0.1, 0.15) is 0 Å². The van der Waals surface area contributed by atoms with Gasteiger partial charge in [-0.1, -0.05) is 41.9 Å². The van der Waals surface area contributed by atoms with Crippen LogP contribution in [0.4, 0.5) is 0 Å². The van der Waals surface area contributed by atoms with Gasteiger partial charge in [0.2, 0.25) is 5.88 Å². The van der Waals surface area contributed by atoms with Gasteiger partial charge in [-0.2, -0.15) is 0 Å². The Morgan fingerprint density at radius 3 is 2.65 bits per heavy atom. The minimum Gasteiger partial charge on any atom is -0.478 e. The van der Waals surface area contributed by atoms with Crippen LogP contribution >= 0.6 is 11.6 Å². The van der Waals surface area contributed by atoms with Gasteiger partial charge in [-0.25, -0.2) is 9.78 Å². The second-order valence-electron chi connectivity index (χ2n) is 4.22. The summed E-state index contributed by atoms with van der Waals surface area (Å²) >= 11 is 5.73. The first-order valence-corrected chi connectivity index (χ1v) is 6.61. The van der Waals surface area contributed by atoms with E-state index in [-0.39, 0.29) is 16.6 Å². The SMILES string of the molecule is O=C(O)c1nc(OCCCc2ccccc2)ccc1Cl. The molecule has 0 bridgehead atoms. The van der Waals surface area contributed by atoms with Crippen LogP contribution in [0.3, 0.4) is 0 Å². The molecule has 0 aliphatic carbocycles. The first kappa shape index (κ1) is 14.3. The molecule has 1 heterocycles. The Kier molecular flexibility index (Phi) is 4.96. The monoisotopic (exact) mass is 291 g/mol. The van der Waals surface area contributed by atoms with Crippen molar-refractivity contribution in [2.75, 3.05) is 6.61 Å². The zero-order valence-electron chi connectivity index (χ0n) is 10.8. The van der Waals surface area contributed by atoms with E-state index in [1.165, 1.54) is 11.6 Å². The minimum absolute atomic E-state index is 0.106. The highest BCUT2D eigenvalue weighted by Crippen LogP contribution is 2.18. The zero-order valence-corrected chi connectivity index (χ0v) is 11.5. The van der Waals surface area contributed by atoms with Crippen LogP contribution in [0.15, 0.2) is 42.5 Å². The highest BCUT2D eigenvalue weighted by atomic mass is 35.5. The number of ether oxygens (including phenoxy) is 1. The van der Waals surface area contributed by atoms with Crippen LogP contribution in [0.1, 0.15) is 22.5 Å². The number of carbonyl (C=O) groups is 1. The third-order valence-corrected chi connectivity index (χ3v) is 3.03. The lowest BCUT2D eigenvalue weighted by atomic mass is 10.1. The molecule has 104 valence electrons. The number of aromatic carboxylic acids is 1. The Bertz CT molecular complexity index is 587. The van der Waals surface area contributed by atoms with Gasteiger partial charge >= 0.3 is 5.97 Å². The molecule has 20 heavy (non-hydrogen) atoms. The lowest BCUT2D eigenvalue weighted by Crippen LogP contribution is -2.05. The van der Waals surface area contributed by atoms with E-state index < -0.39 is 5.97 Å². The number of aryl methyl sites for hydroxylation is 1. The molecule has 0 spiro atoms. The topological polar surface area (TPSA) is 59.4 Å². The predicted molar refractivity (Wildman–Crippen MR) is 76.5 cm³/mol. The van der Waals surface area contributed by atoms with Crippen molar-refractivity contribution in [3.05, 3.63) is 58.7 Å². The Morgan fingerprint density at radius 2 is 1.95 bits per heavy atom. The Balaban J connectivity index is 1.85. The highest BCUT2D eigenvalue weighted by Gasteiger charge is 2.11. The van der Waals surface area contributed by atoms with E-state index in [9.17, 15) is 4.79 Å². The van der Waals surface area contributed by atoms with Crippen molar-refractivity contribution in [3.8, 4) is 5.88 Å². The summed E-state index contributed by atoms with van der Waals surface area (Å²) in [6, 6.07) is 13.1. The smallest absolute Gasteiger partial charge is 0.356 e. The second kappa shape index (κ2) is 6.91. The minimum atomic E-state index is -1.16. The van der Waals surface area contributed by atoms with E-state index >= 15 is 0 Å². The number of benzene rings is 1. The summed E-state index contributed by atoms with van der Waals surface area (Å²) in [6.45, 7) is 0.475. The van der Waals surface area contributed by atoms with Gasteiger partial charge in [-0.05, 0) is 24.5 Å². The van der Waals surface area contributed by atoms with Gasteiger partial charge in [0, 0.05) is 6.07 Å². The number of aromatic nitrogens is 1. The molecule has 0 aliphatic rings. The molecule has 0 fully saturated rings. The van der Waals surface area contributed by atoms with E-state index in [0.717, 1.165) is 12.8 Å².